The Morgan fingerprint density at radius 1 is 1.19 bits per heavy atom. The fourth-order valence-electron chi connectivity index (χ4n) is 3.55. The number of nitrogens with zero attached hydrogens (tertiary/aromatic N) is 1. The number of anilines is 1. The average Bonchev–Trinajstić information content (AvgIpc) is 2.93. The van der Waals surface area contributed by atoms with Gasteiger partial charge in [-0.3, -0.25) is 9.59 Å². The maximum absolute atomic E-state index is 12.8. The van der Waals surface area contributed by atoms with Crippen molar-refractivity contribution < 1.29 is 18.0 Å². The summed E-state index contributed by atoms with van der Waals surface area (Å²) in [4.78, 5) is 25.4. The number of hydrogen-bond donors (Lipinski definition) is 1. The third kappa shape index (κ3) is 2.89. The van der Waals surface area contributed by atoms with Gasteiger partial charge in [-0.2, -0.15) is 13.2 Å². The van der Waals surface area contributed by atoms with Gasteiger partial charge in [-0.1, -0.05) is 18.2 Å². The molecule has 1 N–H and O–H groups in total. The van der Waals surface area contributed by atoms with Gasteiger partial charge in [0.05, 0.1) is 11.1 Å². The molecule has 4 nitrogen and oxygen atoms in total. The highest BCUT2D eigenvalue weighted by Gasteiger charge is 2.30. The van der Waals surface area contributed by atoms with E-state index in [9.17, 15) is 22.8 Å². The maximum atomic E-state index is 12.8. The SMILES string of the molecule is CC1Cc2cccc3c(=O)c(C(=O)Nc4cccc(C(F)(F)F)c4)cn1c23. The van der Waals surface area contributed by atoms with Crippen LogP contribution >= 0.6 is 0 Å². The summed E-state index contributed by atoms with van der Waals surface area (Å²) in [7, 11) is 0. The predicted molar refractivity (Wildman–Crippen MR) is 96.0 cm³/mol. The van der Waals surface area contributed by atoms with Gasteiger partial charge < -0.3 is 9.88 Å². The number of rotatable bonds is 2. The van der Waals surface area contributed by atoms with Crippen LogP contribution in [0, 0.1) is 0 Å². The van der Waals surface area contributed by atoms with Gasteiger partial charge in [0.25, 0.3) is 5.91 Å². The molecule has 0 radical (unpaired) electrons. The lowest BCUT2D eigenvalue weighted by molar-refractivity contribution is -0.137. The van der Waals surface area contributed by atoms with Crippen LogP contribution in [0.5, 0.6) is 0 Å². The summed E-state index contributed by atoms with van der Waals surface area (Å²) in [5, 5.41) is 2.85. The number of carbonyl (C=O) groups is 1. The van der Waals surface area contributed by atoms with Gasteiger partial charge in [0.15, 0.2) is 0 Å². The summed E-state index contributed by atoms with van der Waals surface area (Å²) < 4.78 is 40.4. The fraction of sp³-hybridized carbons (Fsp3) is 0.200. The summed E-state index contributed by atoms with van der Waals surface area (Å²) in [6.45, 7) is 1.98. The molecular weight excluding hydrogens is 357 g/mol. The second-order valence-electron chi connectivity index (χ2n) is 6.68. The van der Waals surface area contributed by atoms with Crippen molar-refractivity contribution in [1.82, 2.24) is 4.57 Å². The Balaban J connectivity index is 1.75. The van der Waals surface area contributed by atoms with E-state index in [0.717, 1.165) is 29.6 Å². The van der Waals surface area contributed by atoms with Crippen LogP contribution in [0.25, 0.3) is 10.9 Å². The Morgan fingerprint density at radius 3 is 2.67 bits per heavy atom. The Morgan fingerprint density at radius 2 is 1.93 bits per heavy atom. The smallest absolute Gasteiger partial charge is 0.343 e. The van der Waals surface area contributed by atoms with Gasteiger partial charge in [0, 0.05) is 23.3 Å². The minimum Gasteiger partial charge on any atom is -0.343 e. The van der Waals surface area contributed by atoms with Crippen LogP contribution in [0.15, 0.2) is 53.5 Å². The Kier molecular flexibility index (Phi) is 3.83. The van der Waals surface area contributed by atoms with E-state index in [1.807, 2.05) is 17.6 Å². The second kappa shape index (κ2) is 5.97. The largest absolute Gasteiger partial charge is 0.416 e. The van der Waals surface area contributed by atoms with Gasteiger partial charge in [-0.05, 0) is 43.2 Å². The molecule has 0 bridgehead atoms. The van der Waals surface area contributed by atoms with E-state index in [-0.39, 0.29) is 17.3 Å². The monoisotopic (exact) mass is 372 g/mol. The lowest BCUT2D eigenvalue weighted by Crippen LogP contribution is -2.24. The number of benzene rings is 2. The van der Waals surface area contributed by atoms with Crippen LogP contribution in [-0.2, 0) is 12.6 Å². The molecule has 1 aliphatic rings. The molecule has 1 aromatic heterocycles. The molecule has 7 heteroatoms. The lowest BCUT2D eigenvalue weighted by Gasteiger charge is -2.13. The zero-order chi connectivity index (χ0) is 19.3. The van der Waals surface area contributed by atoms with Gasteiger partial charge in [0.1, 0.15) is 5.56 Å². The first-order chi connectivity index (χ1) is 12.8. The van der Waals surface area contributed by atoms with Crippen molar-refractivity contribution in [2.75, 3.05) is 5.32 Å². The molecule has 1 aliphatic heterocycles. The summed E-state index contributed by atoms with van der Waals surface area (Å²) >= 11 is 0. The molecule has 3 aromatic rings. The van der Waals surface area contributed by atoms with E-state index < -0.39 is 23.1 Å². The molecular formula is C20H15F3N2O2. The predicted octanol–water partition coefficient (Wildman–Crippen LogP) is 4.39. The third-order valence-electron chi connectivity index (χ3n) is 4.82. The number of amides is 1. The van der Waals surface area contributed by atoms with Gasteiger partial charge in [0.2, 0.25) is 5.43 Å². The molecule has 0 saturated heterocycles. The molecule has 2 heterocycles. The topological polar surface area (TPSA) is 51.1 Å². The number of para-hydroxylation sites is 1. The van der Waals surface area contributed by atoms with Gasteiger partial charge >= 0.3 is 6.18 Å². The number of hydrogen-bond acceptors (Lipinski definition) is 2. The van der Waals surface area contributed by atoms with E-state index in [4.69, 9.17) is 0 Å². The van der Waals surface area contributed by atoms with E-state index in [0.29, 0.717) is 5.39 Å². The van der Waals surface area contributed by atoms with Crippen LogP contribution < -0.4 is 10.7 Å². The minimum absolute atomic E-state index is 0.0162. The van der Waals surface area contributed by atoms with Crippen molar-refractivity contribution in [3.63, 3.8) is 0 Å². The van der Waals surface area contributed by atoms with Crippen LogP contribution in [0.3, 0.4) is 0 Å². The van der Waals surface area contributed by atoms with E-state index in [1.54, 1.807) is 12.1 Å². The third-order valence-corrected chi connectivity index (χ3v) is 4.82. The Bertz CT molecular complexity index is 1130. The maximum Gasteiger partial charge on any atom is 0.416 e. The van der Waals surface area contributed by atoms with E-state index >= 15 is 0 Å². The fourth-order valence-corrected chi connectivity index (χ4v) is 3.55. The molecule has 1 unspecified atom stereocenters. The number of pyridine rings is 1. The minimum atomic E-state index is -4.51. The zero-order valence-corrected chi connectivity index (χ0v) is 14.3. The average molecular weight is 372 g/mol. The summed E-state index contributed by atoms with van der Waals surface area (Å²) in [6.07, 6.45) is -2.26. The Hall–Kier alpha value is -3.09. The Labute approximate surface area is 152 Å². The van der Waals surface area contributed by atoms with Crippen molar-refractivity contribution in [2.45, 2.75) is 25.6 Å². The second-order valence-corrected chi connectivity index (χ2v) is 6.68. The summed E-state index contributed by atoms with van der Waals surface area (Å²) in [5.74, 6) is -0.727. The van der Waals surface area contributed by atoms with Crippen molar-refractivity contribution >= 4 is 22.5 Å². The number of carbonyl (C=O) groups excluding carboxylic acids is 1. The number of alkyl halides is 3. The molecule has 1 atom stereocenters. The molecule has 27 heavy (non-hydrogen) atoms. The van der Waals surface area contributed by atoms with E-state index in [1.165, 1.54) is 18.3 Å². The molecule has 1 amide bonds. The molecule has 0 aliphatic carbocycles. The van der Waals surface area contributed by atoms with Crippen LogP contribution in [-0.4, -0.2) is 10.5 Å². The molecule has 0 fully saturated rings. The van der Waals surface area contributed by atoms with E-state index in [2.05, 4.69) is 5.32 Å². The molecule has 0 saturated carbocycles. The van der Waals surface area contributed by atoms with Crippen molar-refractivity contribution in [1.29, 1.82) is 0 Å². The first-order valence-corrected chi connectivity index (χ1v) is 8.41. The molecule has 0 spiro atoms. The lowest BCUT2D eigenvalue weighted by atomic mass is 10.1. The van der Waals surface area contributed by atoms with Crippen LogP contribution in [0.2, 0.25) is 0 Å². The number of nitrogens with one attached hydrogen (secondary N) is 1. The zero-order valence-electron chi connectivity index (χ0n) is 14.3. The quantitative estimate of drug-likeness (QED) is 0.725. The highest BCUT2D eigenvalue weighted by molar-refractivity contribution is 6.06. The normalized spacial score (nSPS) is 15.9. The summed E-state index contributed by atoms with van der Waals surface area (Å²) in [6, 6.07) is 9.80. The molecule has 4 rings (SSSR count). The van der Waals surface area contributed by atoms with Gasteiger partial charge in [-0.15, -0.1) is 0 Å². The highest BCUT2D eigenvalue weighted by atomic mass is 19.4. The van der Waals surface area contributed by atoms with Crippen molar-refractivity contribution in [3.05, 3.63) is 75.6 Å². The summed E-state index contributed by atoms with van der Waals surface area (Å²) in [5.41, 5.74) is 0.449. The van der Waals surface area contributed by atoms with Crippen LogP contribution in [0.4, 0.5) is 18.9 Å². The highest BCUT2D eigenvalue weighted by Crippen LogP contribution is 2.32. The van der Waals surface area contributed by atoms with Crippen molar-refractivity contribution in [3.8, 4) is 0 Å². The first kappa shape index (κ1) is 17.3. The number of aromatic nitrogens is 1. The van der Waals surface area contributed by atoms with Crippen LogP contribution in [0.1, 0.15) is 34.5 Å². The standard InChI is InChI=1S/C20H15F3N2O2/c1-11-8-12-4-2-7-15-17(12)25(11)10-16(18(15)26)19(27)24-14-6-3-5-13(9-14)20(21,22)23/h2-7,9-11H,8H2,1H3,(H,24,27). The van der Waals surface area contributed by atoms with Crippen molar-refractivity contribution in [2.24, 2.45) is 0 Å². The molecule has 2 aromatic carbocycles. The first-order valence-electron chi connectivity index (χ1n) is 8.41. The van der Waals surface area contributed by atoms with Gasteiger partial charge in [-0.25, -0.2) is 0 Å². The number of halogens is 3. The molecule has 138 valence electrons.